The third kappa shape index (κ3) is 3.91. The summed E-state index contributed by atoms with van der Waals surface area (Å²) in [5, 5.41) is 3.43. The van der Waals surface area contributed by atoms with Crippen molar-refractivity contribution in [2.24, 2.45) is 0 Å². The van der Waals surface area contributed by atoms with Gasteiger partial charge in [0.2, 0.25) is 9.84 Å². The Balaban J connectivity index is 2.04. The van der Waals surface area contributed by atoms with E-state index in [0.717, 1.165) is 25.2 Å². The van der Waals surface area contributed by atoms with Gasteiger partial charge in [0, 0.05) is 25.3 Å². The molecule has 1 aromatic rings. The van der Waals surface area contributed by atoms with E-state index >= 15 is 0 Å². The van der Waals surface area contributed by atoms with Crippen molar-refractivity contribution in [2.45, 2.75) is 36.0 Å². The average molecular weight is 318 g/mol. The van der Waals surface area contributed by atoms with Gasteiger partial charge in [-0.05, 0) is 43.7 Å². The molecule has 21 heavy (non-hydrogen) atoms. The lowest BCUT2D eigenvalue weighted by atomic mass is 10.0. The Bertz CT molecular complexity index is 555. The third-order valence-corrected chi connectivity index (χ3v) is 5.15. The molecule has 0 radical (unpaired) electrons. The monoisotopic (exact) mass is 318 g/mol. The standard InChI is InChI=1S/C14H20F2N2O2S/c1-18(10-11-4-2-3-9-17-11)12-5-7-13(8-6-12)21(19,20)14(15)16/h5-8,11,14,17H,2-4,9-10H2,1H3. The topological polar surface area (TPSA) is 49.4 Å². The number of nitrogens with one attached hydrogen (secondary N) is 1. The molecule has 1 heterocycles. The summed E-state index contributed by atoms with van der Waals surface area (Å²) in [4.78, 5) is 1.66. The summed E-state index contributed by atoms with van der Waals surface area (Å²) in [6.07, 6.45) is 3.51. The zero-order chi connectivity index (χ0) is 15.5. The highest BCUT2D eigenvalue weighted by molar-refractivity contribution is 7.91. The Hall–Kier alpha value is -1.21. The maximum atomic E-state index is 12.5. The van der Waals surface area contributed by atoms with Crippen LogP contribution in [0.3, 0.4) is 0 Å². The molecule has 1 aliphatic rings. The van der Waals surface area contributed by atoms with E-state index in [9.17, 15) is 17.2 Å². The van der Waals surface area contributed by atoms with Crippen LogP contribution in [0.4, 0.5) is 14.5 Å². The lowest BCUT2D eigenvalue weighted by Gasteiger charge is -2.29. The first kappa shape index (κ1) is 16.2. The Labute approximate surface area is 124 Å². The van der Waals surface area contributed by atoms with Crippen molar-refractivity contribution in [3.05, 3.63) is 24.3 Å². The molecule has 1 aromatic carbocycles. The van der Waals surface area contributed by atoms with Crippen LogP contribution in [0.5, 0.6) is 0 Å². The number of benzene rings is 1. The molecule has 0 spiro atoms. The number of anilines is 1. The van der Waals surface area contributed by atoms with Crippen LogP contribution in [0.2, 0.25) is 0 Å². The second-order valence-electron chi connectivity index (χ2n) is 5.33. The minimum Gasteiger partial charge on any atom is -0.373 e. The largest absolute Gasteiger partial charge is 0.373 e. The van der Waals surface area contributed by atoms with Crippen molar-refractivity contribution in [2.75, 3.05) is 25.0 Å². The van der Waals surface area contributed by atoms with Gasteiger partial charge in [-0.15, -0.1) is 0 Å². The number of hydrogen-bond acceptors (Lipinski definition) is 4. The molecule has 1 unspecified atom stereocenters. The maximum absolute atomic E-state index is 12.5. The minimum atomic E-state index is -4.51. The van der Waals surface area contributed by atoms with Crippen molar-refractivity contribution in [3.63, 3.8) is 0 Å². The quantitative estimate of drug-likeness (QED) is 0.905. The summed E-state index contributed by atoms with van der Waals surface area (Å²) in [7, 11) is -2.60. The minimum absolute atomic E-state index is 0.342. The first-order chi connectivity index (χ1) is 9.91. The summed E-state index contributed by atoms with van der Waals surface area (Å²) in [5.41, 5.74) is 0.815. The fourth-order valence-electron chi connectivity index (χ4n) is 2.51. The lowest BCUT2D eigenvalue weighted by Crippen LogP contribution is -2.42. The van der Waals surface area contributed by atoms with Crippen LogP contribution < -0.4 is 10.2 Å². The van der Waals surface area contributed by atoms with Crippen molar-refractivity contribution >= 4 is 15.5 Å². The molecule has 0 saturated carbocycles. The average Bonchev–Trinajstić information content (AvgIpc) is 2.48. The predicted octanol–water partition coefficient (Wildman–Crippen LogP) is 2.26. The van der Waals surface area contributed by atoms with E-state index in [0.29, 0.717) is 6.04 Å². The highest BCUT2D eigenvalue weighted by atomic mass is 32.2. The van der Waals surface area contributed by atoms with E-state index in [1.807, 2.05) is 11.9 Å². The smallest absolute Gasteiger partial charge is 0.341 e. The van der Waals surface area contributed by atoms with Gasteiger partial charge in [0.1, 0.15) is 0 Å². The van der Waals surface area contributed by atoms with Crippen molar-refractivity contribution in [3.8, 4) is 0 Å². The third-order valence-electron chi connectivity index (χ3n) is 3.75. The molecule has 1 fully saturated rings. The number of piperidine rings is 1. The lowest BCUT2D eigenvalue weighted by molar-refractivity contribution is 0.234. The van der Waals surface area contributed by atoms with Gasteiger partial charge in [-0.3, -0.25) is 0 Å². The molecule has 1 aliphatic heterocycles. The van der Waals surface area contributed by atoms with Gasteiger partial charge in [-0.2, -0.15) is 8.78 Å². The van der Waals surface area contributed by atoms with Crippen LogP contribution >= 0.6 is 0 Å². The Morgan fingerprint density at radius 2 is 1.95 bits per heavy atom. The number of alkyl halides is 2. The van der Waals surface area contributed by atoms with E-state index in [2.05, 4.69) is 5.32 Å². The molecular weight excluding hydrogens is 298 g/mol. The zero-order valence-electron chi connectivity index (χ0n) is 11.9. The van der Waals surface area contributed by atoms with Gasteiger partial charge < -0.3 is 10.2 Å². The van der Waals surface area contributed by atoms with Crippen molar-refractivity contribution in [1.29, 1.82) is 0 Å². The van der Waals surface area contributed by atoms with E-state index in [-0.39, 0.29) is 4.90 Å². The summed E-state index contributed by atoms with van der Waals surface area (Å²) >= 11 is 0. The predicted molar refractivity (Wildman–Crippen MR) is 78.5 cm³/mol. The van der Waals surface area contributed by atoms with E-state index in [4.69, 9.17) is 0 Å². The maximum Gasteiger partial charge on any atom is 0.341 e. The molecule has 1 atom stereocenters. The fourth-order valence-corrected chi connectivity index (χ4v) is 3.23. The SMILES string of the molecule is CN(CC1CCCCN1)c1ccc(S(=O)(=O)C(F)F)cc1. The van der Waals surface area contributed by atoms with Gasteiger partial charge in [0.05, 0.1) is 4.90 Å². The van der Waals surface area contributed by atoms with Gasteiger partial charge in [-0.1, -0.05) is 6.42 Å². The van der Waals surface area contributed by atoms with E-state index in [1.54, 1.807) is 12.1 Å². The number of halogens is 2. The van der Waals surface area contributed by atoms with Crippen molar-refractivity contribution in [1.82, 2.24) is 5.32 Å². The molecule has 0 aromatic heterocycles. The molecular formula is C14H20F2N2O2S. The van der Waals surface area contributed by atoms with E-state index in [1.165, 1.54) is 25.0 Å². The number of rotatable bonds is 5. The molecule has 0 aliphatic carbocycles. The molecule has 2 rings (SSSR count). The Morgan fingerprint density at radius 1 is 1.29 bits per heavy atom. The first-order valence-electron chi connectivity index (χ1n) is 6.98. The molecule has 7 heteroatoms. The normalized spacial score (nSPS) is 19.7. The summed E-state index contributed by atoms with van der Waals surface area (Å²) in [6.45, 7) is 1.82. The van der Waals surface area contributed by atoms with Crippen molar-refractivity contribution < 1.29 is 17.2 Å². The molecule has 0 bridgehead atoms. The van der Waals surface area contributed by atoms with Gasteiger partial charge in [-0.25, -0.2) is 8.42 Å². The second kappa shape index (κ2) is 6.70. The van der Waals surface area contributed by atoms with Gasteiger partial charge >= 0.3 is 5.76 Å². The summed E-state index contributed by atoms with van der Waals surface area (Å²) in [6, 6.07) is 6.02. The Morgan fingerprint density at radius 3 is 2.48 bits per heavy atom. The second-order valence-corrected chi connectivity index (χ2v) is 7.24. The van der Waals surface area contributed by atoms with Crippen LogP contribution in [0.15, 0.2) is 29.2 Å². The Kier molecular flexibility index (Phi) is 5.16. The first-order valence-corrected chi connectivity index (χ1v) is 8.52. The number of hydrogen-bond donors (Lipinski definition) is 1. The molecule has 118 valence electrons. The summed E-state index contributed by atoms with van der Waals surface area (Å²) < 4.78 is 47.6. The molecule has 1 saturated heterocycles. The molecule has 0 amide bonds. The van der Waals surface area contributed by atoms with Crippen LogP contribution in [0, 0.1) is 0 Å². The van der Waals surface area contributed by atoms with Crippen LogP contribution in [-0.2, 0) is 9.84 Å². The molecule has 4 nitrogen and oxygen atoms in total. The number of nitrogens with zero attached hydrogens (tertiary/aromatic N) is 1. The number of sulfone groups is 1. The molecule has 1 N–H and O–H groups in total. The fraction of sp³-hybridized carbons (Fsp3) is 0.571. The highest BCUT2D eigenvalue weighted by Crippen LogP contribution is 2.22. The van der Waals surface area contributed by atoms with Crippen LogP contribution in [-0.4, -0.2) is 40.4 Å². The van der Waals surface area contributed by atoms with Gasteiger partial charge in [0.15, 0.2) is 0 Å². The summed E-state index contributed by atoms with van der Waals surface area (Å²) in [5.74, 6) is -3.38. The van der Waals surface area contributed by atoms with E-state index < -0.39 is 15.6 Å². The zero-order valence-corrected chi connectivity index (χ0v) is 12.7. The highest BCUT2D eigenvalue weighted by Gasteiger charge is 2.26. The number of likely N-dealkylation sites (N-methyl/N-ethyl adjacent to an activating group) is 1. The van der Waals surface area contributed by atoms with Crippen LogP contribution in [0.1, 0.15) is 19.3 Å². The van der Waals surface area contributed by atoms with Gasteiger partial charge in [0.25, 0.3) is 0 Å². The van der Waals surface area contributed by atoms with Crippen LogP contribution in [0.25, 0.3) is 0 Å².